The molecule has 1 saturated heterocycles. The molecule has 0 spiro atoms. The second-order valence-electron chi connectivity index (χ2n) is 9.63. The zero-order chi connectivity index (χ0) is 25.6. The van der Waals surface area contributed by atoms with Gasteiger partial charge in [-0.2, -0.15) is 13.5 Å². The Labute approximate surface area is 215 Å². The van der Waals surface area contributed by atoms with Crippen molar-refractivity contribution in [3.63, 3.8) is 0 Å². The topological polar surface area (TPSA) is 103 Å². The van der Waals surface area contributed by atoms with Crippen LogP contribution in [0.2, 0.25) is 0 Å². The molecule has 10 nitrogen and oxygen atoms in total. The smallest absolute Gasteiger partial charge is 0.280 e. The summed E-state index contributed by atoms with van der Waals surface area (Å²) in [4.78, 5) is 20.4. The first-order valence-corrected chi connectivity index (χ1v) is 14.0. The van der Waals surface area contributed by atoms with Gasteiger partial charge in [0, 0.05) is 57.0 Å². The van der Waals surface area contributed by atoms with Crippen molar-refractivity contribution in [2.45, 2.75) is 42.9 Å². The zero-order valence-electron chi connectivity index (χ0n) is 20.8. The van der Waals surface area contributed by atoms with E-state index in [1.54, 1.807) is 17.8 Å². The van der Waals surface area contributed by atoms with Gasteiger partial charge in [-0.3, -0.25) is 4.79 Å². The summed E-state index contributed by atoms with van der Waals surface area (Å²) in [6.07, 6.45) is 5.41. The number of hydrogen-bond acceptors (Lipinski definition) is 7. The maximum absolute atomic E-state index is 13.4. The van der Waals surface area contributed by atoms with Crippen LogP contribution in [0.25, 0.3) is 22.4 Å². The average molecular weight is 535 g/mol. The molecule has 1 saturated carbocycles. The van der Waals surface area contributed by atoms with Gasteiger partial charge in [0.25, 0.3) is 5.56 Å². The van der Waals surface area contributed by atoms with Gasteiger partial charge in [-0.05, 0) is 32.0 Å². The molecule has 3 aromatic rings. The number of sulfonamides is 1. The third-order valence-electron chi connectivity index (χ3n) is 7.34. The quantitative estimate of drug-likeness (QED) is 0.496. The number of ether oxygens (including phenoxy) is 1. The molecule has 1 aliphatic heterocycles. The second-order valence-corrected chi connectivity index (χ2v) is 11.9. The summed E-state index contributed by atoms with van der Waals surface area (Å²) in [5.41, 5.74) is 1.24. The molecule has 1 aliphatic carbocycles. The van der Waals surface area contributed by atoms with Crippen LogP contribution in [-0.4, -0.2) is 76.8 Å². The van der Waals surface area contributed by atoms with Crippen LogP contribution in [0.3, 0.4) is 0 Å². The number of likely N-dealkylation sites (N-methyl/N-ethyl adjacent to an activating group) is 1. The van der Waals surface area contributed by atoms with E-state index in [0.29, 0.717) is 42.8 Å². The fourth-order valence-corrected chi connectivity index (χ4v) is 6.88. The molecule has 0 amide bonds. The van der Waals surface area contributed by atoms with Gasteiger partial charge in [0.1, 0.15) is 11.1 Å². The van der Waals surface area contributed by atoms with Crippen molar-refractivity contribution in [2.75, 3.05) is 40.3 Å². The highest BCUT2D eigenvalue weighted by Gasteiger charge is 2.30. The summed E-state index contributed by atoms with van der Waals surface area (Å²) in [6.45, 7) is 2.19. The first-order chi connectivity index (χ1) is 17.2. The third kappa shape index (κ3) is 4.31. The fraction of sp³-hybridized carbons (Fsp3) is 0.542. The first kappa shape index (κ1) is 25.2. The van der Waals surface area contributed by atoms with Crippen LogP contribution in [-0.2, 0) is 17.1 Å². The third-order valence-corrected chi connectivity index (χ3v) is 9.55. The molecule has 0 unspecified atom stereocenters. The Morgan fingerprint density at radius 3 is 2.42 bits per heavy atom. The van der Waals surface area contributed by atoms with Crippen LogP contribution in [0.15, 0.2) is 27.9 Å². The van der Waals surface area contributed by atoms with Crippen LogP contribution >= 0.6 is 11.8 Å². The molecule has 194 valence electrons. The van der Waals surface area contributed by atoms with E-state index in [1.807, 2.05) is 7.05 Å². The Kier molecular flexibility index (Phi) is 6.84. The lowest BCUT2D eigenvalue weighted by Gasteiger charge is -2.31. The minimum absolute atomic E-state index is 0.123. The maximum atomic E-state index is 13.4. The lowest BCUT2D eigenvalue weighted by molar-refractivity contribution is 0.222. The lowest BCUT2D eigenvalue weighted by atomic mass is 9.86. The van der Waals surface area contributed by atoms with Gasteiger partial charge < -0.3 is 9.64 Å². The van der Waals surface area contributed by atoms with Crippen molar-refractivity contribution in [3.8, 4) is 17.1 Å². The summed E-state index contributed by atoms with van der Waals surface area (Å²) in [5.74, 6) is 0.654. The number of nitrogens with zero attached hydrogens (tertiary/aromatic N) is 6. The van der Waals surface area contributed by atoms with Crippen LogP contribution < -0.4 is 10.3 Å². The lowest BCUT2D eigenvalue weighted by Crippen LogP contribution is -2.47. The molecule has 0 bridgehead atoms. The number of benzene rings is 1. The van der Waals surface area contributed by atoms with Crippen molar-refractivity contribution in [2.24, 2.45) is 7.05 Å². The summed E-state index contributed by atoms with van der Waals surface area (Å²) >= 11 is 6.54. The molecule has 5 rings (SSSR count). The van der Waals surface area contributed by atoms with Gasteiger partial charge in [0.05, 0.1) is 23.3 Å². The number of halogens is 1. The molecular weight excluding hydrogens is 504 g/mol. The normalized spacial score (nSPS) is 18.7. The number of piperazine rings is 1. The zero-order valence-corrected chi connectivity index (χ0v) is 22.3. The molecule has 2 aliphatic rings. The summed E-state index contributed by atoms with van der Waals surface area (Å²) in [5, 5.41) is 5.10. The molecular formula is C24H31ClN6O4S. The molecule has 0 radical (unpaired) electrons. The van der Waals surface area contributed by atoms with Crippen molar-refractivity contribution in [1.82, 2.24) is 28.1 Å². The van der Waals surface area contributed by atoms with E-state index in [-0.39, 0.29) is 27.9 Å². The van der Waals surface area contributed by atoms with Gasteiger partial charge in [-0.1, -0.05) is 19.3 Å². The Balaban J connectivity index is 1.58. The van der Waals surface area contributed by atoms with Crippen LogP contribution in [0.5, 0.6) is 5.75 Å². The second kappa shape index (κ2) is 9.77. The summed E-state index contributed by atoms with van der Waals surface area (Å²) in [7, 11) is 1.49. The number of hydrogen-bond donors (Lipinski definition) is 0. The molecule has 2 aromatic heterocycles. The maximum Gasteiger partial charge on any atom is 0.280 e. The standard InChI is InChI=1S/C24H31ClN6O4S/c1-28-11-13-30(14-12-28)36(33,34)17-9-10-18(19(15-17)35-3)22-26-23-20(24(32)31(22)25)21(27-29(23)2)16-7-5-4-6-8-16/h9-10,15-16H,4-8,11-14H2,1-3H3. The number of aromatic nitrogens is 4. The number of methoxy groups -OCH3 is 1. The van der Waals surface area contributed by atoms with E-state index in [0.717, 1.165) is 35.5 Å². The molecule has 0 atom stereocenters. The van der Waals surface area contributed by atoms with E-state index in [2.05, 4.69) is 10.00 Å². The minimum Gasteiger partial charge on any atom is -0.496 e. The number of fused-ring (bicyclic) bond motifs is 1. The molecule has 12 heteroatoms. The number of rotatable bonds is 5. The largest absolute Gasteiger partial charge is 0.496 e. The molecule has 36 heavy (non-hydrogen) atoms. The Morgan fingerprint density at radius 1 is 1.06 bits per heavy atom. The van der Waals surface area contributed by atoms with E-state index >= 15 is 0 Å². The van der Waals surface area contributed by atoms with Gasteiger partial charge in [-0.25, -0.2) is 18.1 Å². The molecule has 1 aromatic carbocycles. The van der Waals surface area contributed by atoms with Crippen molar-refractivity contribution in [1.29, 1.82) is 0 Å². The van der Waals surface area contributed by atoms with Gasteiger partial charge in [-0.15, -0.1) is 0 Å². The fourth-order valence-electron chi connectivity index (χ4n) is 5.23. The van der Waals surface area contributed by atoms with E-state index in [9.17, 15) is 13.2 Å². The Bertz CT molecular complexity index is 1450. The van der Waals surface area contributed by atoms with E-state index < -0.39 is 10.0 Å². The van der Waals surface area contributed by atoms with Crippen molar-refractivity contribution in [3.05, 3.63) is 34.2 Å². The molecule has 3 heterocycles. The first-order valence-electron chi connectivity index (χ1n) is 12.2. The van der Waals surface area contributed by atoms with E-state index in [4.69, 9.17) is 21.5 Å². The highest BCUT2D eigenvalue weighted by atomic mass is 35.5. The summed E-state index contributed by atoms with van der Waals surface area (Å²) < 4.78 is 36.1. The van der Waals surface area contributed by atoms with Crippen molar-refractivity contribution >= 4 is 32.8 Å². The summed E-state index contributed by atoms with van der Waals surface area (Å²) in [6, 6.07) is 4.56. The highest BCUT2D eigenvalue weighted by molar-refractivity contribution is 7.89. The van der Waals surface area contributed by atoms with Crippen molar-refractivity contribution < 1.29 is 13.2 Å². The van der Waals surface area contributed by atoms with Gasteiger partial charge in [0.15, 0.2) is 11.5 Å². The predicted molar refractivity (Wildman–Crippen MR) is 138 cm³/mol. The molecule has 0 N–H and O–H groups in total. The predicted octanol–water partition coefficient (Wildman–Crippen LogP) is 2.79. The van der Waals surface area contributed by atoms with Crippen LogP contribution in [0, 0.1) is 0 Å². The van der Waals surface area contributed by atoms with E-state index in [1.165, 1.54) is 30.0 Å². The molecule has 2 fully saturated rings. The SMILES string of the molecule is COc1cc(S(=O)(=O)N2CCN(C)CC2)ccc1-c1nc2c(c(C3CCCCC3)nn2C)c(=O)n1Cl. The number of aryl methyl sites for hydroxylation is 1. The Morgan fingerprint density at radius 2 is 1.75 bits per heavy atom. The van der Waals surface area contributed by atoms with Crippen LogP contribution in [0.4, 0.5) is 0 Å². The minimum atomic E-state index is -3.70. The van der Waals surface area contributed by atoms with Gasteiger partial charge in [0.2, 0.25) is 10.0 Å². The van der Waals surface area contributed by atoms with Crippen LogP contribution in [0.1, 0.15) is 43.7 Å². The van der Waals surface area contributed by atoms with Gasteiger partial charge >= 0.3 is 0 Å². The average Bonchev–Trinajstić information content (AvgIpc) is 3.22. The highest BCUT2D eigenvalue weighted by Crippen LogP contribution is 2.36. The monoisotopic (exact) mass is 534 g/mol. The Hall–Kier alpha value is -2.47.